The van der Waals surface area contributed by atoms with Gasteiger partial charge >= 0.3 is 11.8 Å². The summed E-state index contributed by atoms with van der Waals surface area (Å²) in [5.74, 6) is -1.87. The number of rotatable bonds is 4. The van der Waals surface area contributed by atoms with Crippen molar-refractivity contribution in [2.24, 2.45) is 16.8 Å². The maximum atomic E-state index is 11.6. The van der Waals surface area contributed by atoms with Crippen LogP contribution in [0.4, 0.5) is 5.69 Å². The minimum Gasteiger partial charge on any atom is -0.361 e. The number of carbonyl (C=O) groups is 3. The van der Waals surface area contributed by atoms with E-state index < -0.39 is 11.8 Å². The molecule has 1 aliphatic rings. The molecule has 7 heteroatoms. The van der Waals surface area contributed by atoms with E-state index in [2.05, 4.69) is 15.8 Å². The zero-order valence-corrected chi connectivity index (χ0v) is 11.6. The fourth-order valence-electron chi connectivity index (χ4n) is 1.64. The summed E-state index contributed by atoms with van der Waals surface area (Å²) >= 11 is 0. The highest BCUT2D eigenvalue weighted by Gasteiger charge is 2.29. The van der Waals surface area contributed by atoms with Crippen molar-refractivity contribution in [3.63, 3.8) is 0 Å². The first-order valence-corrected chi connectivity index (χ1v) is 6.52. The Morgan fingerprint density at radius 1 is 1.19 bits per heavy atom. The fourth-order valence-corrected chi connectivity index (χ4v) is 1.64. The Morgan fingerprint density at radius 3 is 2.33 bits per heavy atom. The molecule has 110 valence electrons. The van der Waals surface area contributed by atoms with Crippen LogP contribution in [0.3, 0.4) is 0 Å². The van der Waals surface area contributed by atoms with Gasteiger partial charge in [-0.25, -0.2) is 5.43 Å². The first-order chi connectivity index (χ1) is 9.97. The van der Waals surface area contributed by atoms with Crippen LogP contribution in [0.5, 0.6) is 0 Å². The van der Waals surface area contributed by atoms with E-state index in [-0.39, 0.29) is 11.8 Å². The Kier molecular flexibility index (Phi) is 4.32. The zero-order valence-electron chi connectivity index (χ0n) is 11.6. The summed E-state index contributed by atoms with van der Waals surface area (Å²) in [6.45, 7) is 1.68. The van der Waals surface area contributed by atoms with Gasteiger partial charge in [-0.3, -0.25) is 14.4 Å². The lowest BCUT2D eigenvalue weighted by atomic mass is 10.1. The molecule has 0 bridgehead atoms. The molecule has 0 saturated heterocycles. The third kappa shape index (κ3) is 4.13. The van der Waals surface area contributed by atoms with Crippen molar-refractivity contribution in [3.05, 3.63) is 29.8 Å². The Morgan fingerprint density at radius 2 is 1.81 bits per heavy atom. The average Bonchev–Trinajstić information content (AvgIpc) is 3.29. The number of benzene rings is 1. The molecule has 7 nitrogen and oxygen atoms in total. The number of carbonyl (C=O) groups excluding carboxylic acids is 3. The highest BCUT2D eigenvalue weighted by atomic mass is 16.2. The highest BCUT2D eigenvalue weighted by molar-refractivity contribution is 6.34. The second kappa shape index (κ2) is 6.17. The van der Waals surface area contributed by atoms with E-state index in [1.807, 2.05) is 0 Å². The van der Waals surface area contributed by atoms with E-state index >= 15 is 0 Å². The van der Waals surface area contributed by atoms with Gasteiger partial charge in [0.05, 0.1) is 5.71 Å². The first kappa shape index (κ1) is 14.7. The SMILES string of the molecule is CC(=NNC(=O)C(N)=O)c1ccc(NC(=O)C2CC2)cc1. The van der Waals surface area contributed by atoms with Gasteiger partial charge in [0, 0.05) is 11.6 Å². The molecule has 3 amide bonds. The molecule has 0 aromatic heterocycles. The largest absolute Gasteiger partial charge is 0.361 e. The Hall–Kier alpha value is -2.70. The second-order valence-corrected chi connectivity index (χ2v) is 4.84. The van der Waals surface area contributed by atoms with Crippen molar-refractivity contribution >= 4 is 29.1 Å². The third-order valence-electron chi connectivity index (χ3n) is 3.07. The number of hydrazone groups is 1. The normalized spacial score (nSPS) is 14.4. The monoisotopic (exact) mass is 288 g/mol. The van der Waals surface area contributed by atoms with Crippen LogP contribution in [-0.2, 0) is 14.4 Å². The Balaban J connectivity index is 1.97. The summed E-state index contributed by atoms with van der Waals surface area (Å²) in [7, 11) is 0. The third-order valence-corrected chi connectivity index (χ3v) is 3.07. The van der Waals surface area contributed by atoms with Crippen molar-refractivity contribution in [2.45, 2.75) is 19.8 Å². The molecule has 2 rings (SSSR count). The van der Waals surface area contributed by atoms with Gasteiger partial charge in [-0.05, 0) is 37.5 Å². The number of anilines is 1. The van der Waals surface area contributed by atoms with Crippen molar-refractivity contribution < 1.29 is 14.4 Å². The lowest BCUT2D eigenvalue weighted by Crippen LogP contribution is -2.33. The average molecular weight is 288 g/mol. The van der Waals surface area contributed by atoms with Crippen LogP contribution in [0.1, 0.15) is 25.3 Å². The maximum Gasteiger partial charge on any atom is 0.329 e. The topological polar surface area (TPSA) is 114 Å². The zero-order chi connectivity index (χ0) is 15.4. The fraction of sp³-hybridized carbons (Fsp3) is 0.286. The number of nitrogens with two attached hydrogens (primary N) is 1. The predicted molar refractivity (Wildman–Crippen MR) is 77.3 cm³/mol. The summed E-state index contributed by atoms with van der Waals surface area (Å²) in [6, 6.07) is 7.03. The van der Waals surface area contributed by atoms with Crippen molar-refractivity contribution in [1.29, 1.82) is 0 Å². The lowest BCUT2D eigenvalue weighted by molar-refractivity contribution is -0.137. The van der Waals surface area contributed by atoms with Gasteiger partial charge in [0.2, 0.25) is 5.91 Å². The number of hydrogen-bond donors (Lipinski definition) is 3. The van der Waals surface area contributed by atoms with Crippen LogP contribution in [0, 0.1) is 5.92 Å². The van der Waals surface area contributed by atoms with Gasteiger partial charge < -0.3 is 11.1 Å². The van der Waals surface area contributed by atoms with Crippen LogP contribution in [0.2, 0.25) is 0 Å². The molecule has 1 fully saturated rings. The molecule has 0 heterocycles. The lowest BCUT2D eigenvalue weighted by Gasteiger charge is -2.06. The van der Waals surface area contributed by atoms with Gasteiger partial charge in [-0.1, -0.05) is 12.1 Å². The van der Waals surface area contributed by atoms with Crippen LogP contribution >= 0.6 is 0 Å². The molecular weight excluding hydrogens is 272 g/mol. The molecule has 21 heavy (non-hydrogen) atoms. The summed E-state index contributed by atoms with van der Waals surface area (Å²) in [6.07, 6.45) is 1.91. The maximum absolute atomic E-state index is 11.6. The van der Waals surface area contributed by atoms with Crippen molar-refractivity contribution in [3.8, 4) is 0 Å². The van der Waals surface area contributed by atoms with Crippen molar-refractivity contribution in [2.75, 3.05) is 5.32 Å². The van der Waals surface area contributed by atoms with Crippen LogP contribution in [0.25, 0.3) is 0 Å². The Bertz CT molecular complexity index is 603. The number of nitrogens with zero attached hydrogens (tertiary/aromatic N) is 1. The molecule has 1 aromatic rings. The quantitative estimate of drug-likeness (QED) is 0.422. The van der Waals surface area contributed by atoms with E-state index in [0.717, 1.165) is 18.4 Å². The van der Waals surface area contributed by atoms with Crippen LogP contribution in [-0.4, -0.2) is 23.4 Å². The molecule has 0 spiro atoms. The summed E-state index contributed by atoms with van der Waals surface area (Å²) in [4.78, 5) is 33.1. The second-order valence-electron chi connectivity index (χ2n) is 4.84. The number of hydrogen-bond acceptors (Lipinski definition) is 4. The molecule has 0 aliphatic heterocycles. The van der Waals surface area contributed by atoms with Gasteiger partial charge in [-0.2, -0.15) is 5.10 Å². The van der Waals surface area contributed by atoms with Gasteiger partial charge in [0.1, 0.15) is 0 Å². The minimum absolute atomic E-state index is 0.0434. The smallest absolute Gasteiger partial charge is 0.329 e. The number of amides is 3. The van der Waals surface area contributed by atoms with Gasteiger partial charge in [-0.15, -0.1) is 0 Å². The number of primary amides is 1. The molecule has 1 aromatic carbocycles. The van der Waals surface area contributed by atoms with E-state index in [4.69, 9.17) is 5.73 Å². The van der Waals surface area contributed by atoms with E-state index in [0.29, 0.717) is 11.4 Å². The molecule has 0 radical (unpaired) electrons. The van der Waals surface area contributed by atoms with Gasteiger partial charge in [0.15, 0.2) is 0 Å². The van der Waals surface area contributed by atoms with Crippen LogP contribution in [0.15, 0.2) is 29.4 Å². The molecule has 4 N–H and O–H groups in total. The molecule has 0 atom stereocenters. The minimum atomic E-state index is -1.09. The van der Waals surface area contributed by atoms with Crippen LogP contribution < -0.4 is 16.5 Å². The summed E-state index contributed by atoms with van der Waals surface area (Å²) in [5, 5.41) is 6.60. The van der Waals surface area contributed by atoms with E-state index in [1.165, 1.54) is 0 Å². The molecule has 1 saturated carbocycles. The summed E-state index contributed by atoms with van der Waals surface area (Å²) in [5.41, 5.74) is 8.84. The van der Waals surface area contributed by atoms with E-state index in [9.17, 15) is 14.4 Å². The van der Waals surface area contributed by atoms with E-state index in [1.54, 1.807) is 31.2 Å². The molecular formula is C14H16N4O3. The number of nitrogens with one attached hydrogen (secondary N) is 2. The standard InChI is InChI=1S/C14H16N4O3/c1-8(17-18-14(21)12(15)19)9-4-6-11(7-5-9)16-13(20)10-2-3-10/h4-7,10H,2-3H2,1H3,(H2,15,19)(H,16,20)(H,18,21). The highest BCUT2D eigenvalue weighted by Crippen LogP contribution is 2.30. The summed E-state index contributed by atoms with van der Waals surface area (Å²) < 4.78 is 0. The predicted octanol–water partition coefficient (Wildman–Crippen LogP) is 0.361. The Labute approximate surface area is 121 Å². The molecule has 1 aliphatic carbocycles. The first-order valence-electron chi connectivity index (χ1n) is 6.52. The van der Waals surface area contributed by atoms with Gasteiger partial charge in [0.25, 0.3) is 0 Å². The molecule has 0 unspecified atom stereocenters. The van der Waals surface area contributed by atoms with Crippen molar-refractivity contribution in [1.82, 2.24) is 5.43 Å².